The van der Waals surface area contributed by atoms with E-state index in [1.54, 1.807) is 47.2 Å². The van der Waals surface area contributed by atoms with Gasteiger partial charge in [-0.3, -0.25) is 4.79 Å². The molecule has 1 aromatic heterocycles. The van der Waals surface area contributed by atoms with Crippen LogP contribution in [0, 0.1) is 17.6 Å². The van der Waals surface area contributed by atoms with E-state index in [0.717, 1.165) is 24.0 Å². The van der Waals surface area contributed by atoms with Gasteiger partial charge in [0.15, 0.2) is 0 Å². The highest BCUT2D eigenvalue weighted by Gasteiger charge is 2.31. The van der Waals surface area contributed by atoms with E-state index in [-0.39, 0.29) is 17.2 Å². The second-order valence-corrected chi connectivity index (χ2v) is 7.19. The Labute approximate surface area is 162 Å². The first-order chi connectivity index (χ1) is 13.6. The van der Waals surface area contributed by atoms with Crippen LogP contribution >= 0.6 is 0 Å². The highest BCUT2D eigenvalue weighted by atomic mass is 19.1. The van der Waals surface area contributed by atoms with Crippen LogP contribution in [0.2, 0.25) is 0 Å². The first kappa shape index (κ1) is 18.6. The summed E-state index contributed by atoms with van der Waals surface area (Å²) in [4.78, 5) is 12.6. The van der Waals surface area contributed by atoms with Crippen molar-refractivity contribution in [3.05, 3.63) is 106 Å². The molecule has 28 heavy (non-hydrogen) atoms. The van der Waals surface area contributed by atoms with Crippen molar-refractivity contribution < 1.29 is 13.5 Å². The van der Waals surface area contributed by atoms with Gasteiger partial charge in [-0.25, -0.2) is 8.78 Å². The molecule has 0 spiro atoms. The standard InChI is InChI=1S/C23H21F2NO2/c24-19-10-6-17(7-11-19)22(26-14-2-1-3-21(26)27)23(28-15-16-4-5-16)18-8-12-20(25)13-9-18/h1-3,6-14,16,22-23H,4-5,15H2/t22-,23-/m1/s1. The van der Waals surface area contributed by atoms with Crippen LogP contribution in [0.4, 0.5) is 8.78 Å². The van der Waals surface area contributed by atoms with Gasteiger partial charge in [0.1, 0.15) is 17.7 Å². The summed E-state index contributed by atoms with van der Waals surface area (Å²) in [6, 6.07) is 16.6. The van der Waals surface area contributed by atoms with Gasteiger partial charge in [0.25, 0.3) is 5.56 Å². The SMILES string of the molecule is O=c1ccccn1[C@H](c1ccc(F)cc1)[C@H](OCC1CC1)c1ccc(F)cc1. The third-order valence-electron chi connectivity index (χ3n) is 5.06. The van der Waals surface area contributed by atoms with Gasteiger partial charge in [0.2, 0.25) is 0 Å². The Morgan fingerprint density at radius 1 is 0.893 bits per heavy atom. The van der Waals surface area contributed by atoms with Crippen LogP contribution < -0.4 is 5.56 Å². The molecule has 3 aromatic rings. The topological polar surface area (TPSA) is 31.2 Å². The zero-order valence-electron chi connectivity index (χ0n) is 15.3. The highest BCUT2D eigenvalue weighted by Crippen LogP contribution is 2.38. The molecule has 2 aromatic carbocycles. The molecule has 0 aliphatic heterocycles. The molecule has 0 saturated heterocycles. The summed E-state index contributed by atoms with van der Waals surface area (Å²) in [5, 5.41) is 0. The van der Waals surface area contributed by atoms with Crippen molar-refractivity contribution in [3.63, 3.8) is 0 Å². The summed E-state index contributed by atoms with van der Waals surface area (Å²) >= 11 is 0. The summed E-state index contributed by atoms with van der Waals surface area (Å²) in [5.74, 6) is -0.163. The van der Waals surface area contributed by atoms with Crippen LogP contribution in [0.3, 0.4) is 0 Å². The van der Waals surface area contributed by atoms with Gasteiger partial charge in [0, 0.05) is 12.3 Å². The molecule has 2 atom stereocenters. The molecule has 4 rings (SSSR count). The Kier molecular flexibility index (Phi) is 5.35. The molecule has 5 heteroatoms. The Morgan fingerprint density at radius 3 is 2.07 bits per heavy atom. The highest BCUT2D eigenvalue weighted by molar-refractivity contribution is 5.28. The monoisotopic (exact) mass is 381 g/mol. The van der Waals surface area contributed by atoms with E-state index in [0.29, 0.717) is 12.5 Å². The van der Waals surface area contributed by atoms with Crippen LogP contribution in [-0.2, 0) is 4.74 Å². The quantitative estimate of drug-likeness (QED) is 0.584. The normalized spacial score (nSPS) is 15.9. The smallest absolute Gasteiger partial charge is 0.251 e. The summed E-state index contributed by atoms with van der Waals surface area (Å²) in [7, 11) is 0. The van der Waals surface area contributed by atoms with E-state index in [2.05, 4.69) is 0 Å². The fourth-order valence-electron chi connectivity index (χ4n) is 3.36. The Hall–Kier alpha value is -2.79. The molecule has 1 fully saturated rings. The van der Waals surface area contributed by atoms with E-state index >= 15 is 0 Å². The van der Waals surface area contributed by atoms with Crippen molar-refractivity contribution in [2.24, 2.45) is 5.92 Å². The van der Waals surface area contributed by atoms with Crippen molar-refractivity contribution in [2.45, 2.75) is 25.0 Å². The molecule has 1 aliphatic carbocycles. The van der Waals surface area contributed by atoms with E-state index in [1.165, 1.54) is 30.3 Å². The minimum atomic E-state index is -0.508. The van der Waals surface area contributed by atoms with Crippen molar-refractivity contribution in [3.8, 4) is 0 Å². The summed E-state index contributed by atoms with van der Waals surface area (Å²) in [5.41, 5.74) is 1.34. The first-order valence-electron chi connectivity index (χ1n) is 9.41. The number of aromatic nitrogens is 1. The number of pyridine rings is 1. The van der Waals surface area contributed by atoms with Crippen LogP contribution in [0.1, 0.15) is 36.1 Å². The van der Waals surface area contributed by atoms with Crippen LogP contribution in [0.15, 0.2) is 77.7 Å². The summed E-state index contributed by atoms with van der Waals surface area (Å²) in [6.07, 6.45) is 3.45. The van der Waals surface area contributed by atoms with Crippen LogP contribution in [0.5, 0.6) is 0 Å². The zero-order chi connectivity index (χ0) is 19.5. The van der Waals surface area contributed by atoms with Gasteiger partial charge in [-0.1, -0.05) is 30.3 Å². The zero-order valence-corrected chi connectivity index (χ0v) is 15.3. The number of hydrogen-bond donors (Lipinski definition) is 0. The lowest BCUT2D eigenvalue weighted by Gasteiger charge is -2.30. The third kappa shape index (κ3) is 4.20. The third-order valence-corrected chi connectivity index (χ3v) is 5.06. The minimum Gasteiger partial charge on any atom is -0.371 e. The predicted molar refractivity (Wildman–Crippen MR) is 103 cm³/mol. The maximum atomic E-state index is 13.5. The molecule has 0 N–H and O–H groups in total. The van der Waals surface area contributed by atoms with Gasteiger partial charge < -0.3 is 9.30 Å². The second kappa shape index (κ2) is 8.07. The number of rotatable bonds is 7. The molecule has 0 bridgehead atoms. The van der Waals surface area contributed by atoms with Gasteiger partial charge >= 0.3 is 0 Å². The van der Waals surface area contributed by atoms with Crippen LogP contribution in [0.25, 0.3) is 0 Å². The predicted octanol–water partition coefficient (Wildman–Crippen LogP) is 4.88. The van der Waals surface area contributed by atoms with E-state index in [9.17, 15) is 13.6 Å². The molecule has 144 valence electrons. The Morgan fingerprint density at radius 2 is 1.50 bits per heavy atom. The van der Waals surface area contributed by atoms with Gasteiger partial charge in [-0.15, -0.1) is 0 Å². The number of ether oxygens (including phenoxy) is 1. The number of hydrogen-bond acceptors (Lipinski definition) is 2. The van der Waals surface area contributed by atoms with E-state index in [4.69, 9.17) is 4.74 Å². The minimum absolute atomic E-state index is 0.182. The number of benzene rings is 2. The number of halogens is 2. The molecule has 0 unspecified atom stereocenters. The molecule has 0 radical (unpaired) electrons. The molecule has 3 nitrogen and oxygen atoms in total. The molecular formula is C23H21F2NO2. The molecule has 1 saturated carbocycles. The second-order valence-electron chi connectivity index (χ2n) is 7.19. The fraction of sp³-hybridized carbons (Fsp3) is 0.261. The molecule has 1 aliphatic rings. The largest absolute Gasteiger partial charge is 0.371 e. The lowest BCUT2D eigenvalue weighted by Crippen LogP contribution is -2.30. The molecule has 1 heterocycles. The average molecular weight is 381 g/mol. The van der Waals surface area contributed by atoms with E-state index in [1.807, 2.05) is 0 Å². The molecule has 0 amide bonds. The van der Waals surface area contributed by atoms with Crippen molar-refractivity contribution in [1.29, 1.82) is 0 Å². The first-order valence-corrected chi connectivity index (χ1v) is 9.41. The lowest BCUT2D eigenvalue weighted by molar-refractivity contribution is 0.0182. The maximum Gasteiger partial charge on any atom is 0.251 e. The van der Waals surface area contributed by atoms with Crippen LogP contribution in [-0.4, -0.2) is 11.2 Å². The van der Waals surface area contributed by atoms with Crippen molar-refractivity contribution >= 4 is 0 Å². The van der Waals surface area contributed by atoms with Gasteiger partial charge in [-0.2, -0.15) is 0 Å². The summed E-state index contributed by atoms with van der Waals surface area (Å²) < 4.78 is 34.9. The van der Waals surface area contributed by atoms with Gasteiger partial charge in [0.05, 0.1) is 12.6 Å². The van der Waals surface area contributed by atoms with E-state index < -0.39 is 12.1 Å². The maximum absolute atomic E-state index is 13.5. The van der Waals surface area contributed by atoms with Crippen molar-refractivity contribution in [2.75, 3.05) is 6.61 Å². The fourth-order valence-corrected chi connectivity index (χ4v) is 3.36. The summed E-state index contributed by atoms with van der Waals surface area (Å²) in [6.45, 7) is 0.571. The number of nitrogens with zero attached hydrogens (tertiary/aromatic N) is 1. The Balaban J connectivity index is 1.81. The van der Waals surface area contributed by atoms with Gasteiger partial charge in [-0.05, 0) is 60.2 Å². The Bertz CT molecular complexity index is 978. The molecular weight excluding hydrogens is 360 g/mol. The van der Waals surface area contributed by atoms with Crippen molar-refractivity contribution in [1.82, 2.24) is 4.57 Å². The lowest BCUT2D eigenvalue weighted by atomic mass is 9.95. The average Bonchev–Trinajstić information content (AvgIpc) is 3.52.